The van der Waals surface area contributed by atoms with E-state index < -0.39 is 16.0 Å². The molecular formula is C12H20N2O4S2. The maximum Gasteiger partial charge on any atom is 0.345 e. The van der Waals surface area contributed by atoms with Gasteiger partial charge in [0.15, 0.2) is 0 Å². The zero-order valence-electron chi connectivity index (χ0n) is 11.8. The molecule has 0 radical (unpaired) electrons. The van der Waals surface area contributed by atoms with Crippen LogP contribution in [0.25, 0.3) is 0 Å². The topological polar surface area (TPSA) is 86.7 Å². The van der Waals surface area contributed by atoms with E-state index in [1.54, 1.807) is 6.92 Å². The Hall–Kier alpha value is -0.960. The molecule has 1 atom stereocenters. The van der Waals surface area contributed by atoms with Crippen molar-refractivity contribution in [1.29, 1.82) is 0 Å². The molecule has 20 heavy (non-hydrogen) atoms. The molecule has 2 N–H and O–H groups in total. The summed E-state index contributed by atoms with van der Waals surface area (Å²) in [5.74, 6) is -1.12. The van der Waals surface area contributed by atoms with Crippen LogP contribution in [0.1, 0.15) is 30.4 Å². The summed E-state index contributed by atoms with van der Waals surface area (Å²) in [6.07, 6.45) is 0. The van der Waals surface area contributed by atoms with Gasteiger partial charge in [0.1, 0.15) is 4.88 Å². The Labute approximate surface area is 123 Å². The van der Waals surface area contributed by atoms with Gasteiger partial charge >= 0.3 is 5.97 Å². The number of nitrogens with one attached hydrogen (secondary N) is 1. The van der Waals surface area contributed by atoms with E-state index in [9.17, 15) is 13.2 Å². The van der Waals surface area contributed by atoms with Gasteiger partial charge in [0.05, 0.1) is 4.90 Å². The second kappa shape index (κ2) is 7.16. The monoisotopic (exact) mass is 320 g/mol. The second-order valence-electron chi connectivity index (χ2n) is 4.46. The summed E-state index contributed by atoms with van der Waals surface area (Å²) in [6, 6.07) is 0.938. The molecule has 8 heteroatoms. The molecule has 0 amide bonds. The van der Waals surface area contributed by atoms with Gasteiger partial charge in [-0.2, -0.15) is 0 Å². The Balaban J connectivity index is 2.76. The number of carboxylic acid groups (broad SMARTS) is 1. The molecule has 1 aromatic rings. The summed E-state index contributed by atoms with van der Waals surface area (Å²) >= 11 is 0.905. The first-order chi connectivity index (χ1) is 9.30. The summed E-state index contributed by atoms with van der Waals surface area (Å²) in [5, 5.41) is 10.2. The number of nitrogens with zero attached hydrogens (tertiary/aromatic N) is 1. The lowest BCUT2D eigenvalue weighted by molar-refractivity contribution is 0.0702. The van der Waals surface area contributed by atoms with Crippen molar-refractivity contribution < 1.29 is 18.3 Å². The molecule has 0 aliphatic rings. The zero-order chi connectivity index (χ0) is 15.3. The summed E-state index contributed by atoms with van der Waals surface area (Å²) in [7, 11) is -3.66. The third kappa shape index (κ3) is 4.55. The highest BCUT2D eigenvalue weighted by Gasteiger charge is 2.21. The fourth-order valence-corrected chi connectivity index (χ4v) is 4.16. The lowest BCUT2D eigenvalue weighted by atomic mass is 10.3. The standard InChI is InChI=1S/C12H20N2O4S2/c1-4-14(5-2)7-9(3)13-20(17,18)10-6-11(12(15)16)19-8-10/h6,8-9,13H,4-5,7H2,1-3H3,(H,15,16). The predicted octanol–water partition coefficient (Wildman–Crippen LogP) is 1.45. The van der Waals surface area contributed by atoms with Crippen molar-refractivity contribution in [2.24, 2.45) is 0 Å². The Kier molecular flexibility index (Phi) is 6.12. The van der Waals surface area contributed by atoms with Gasteiger partial charge in [0, 0.05) is 18.0 Å². The Bertz CT molecular complexity index is 550. The van der Waals surface area contributed by atoms with Crippen LogP contribution < -0.4 is 4.72 Å². The van der Waals surface area contributed by atoms with Crippen LogP contribution in [0.15, 0.2) is 16.3 Å². The minimum Gasteiger partial charge on any atom is -0.477 e. The maximum absolute atomic E-state index is 12.1. The van der Waals surface area contributed by atoms with Crippen LogP contribution in [0, 0.1) is 0 Å². The van der Waals surface area contributed by atoms with E-state index in [4.69, 9.17) is 5.11 Å². The molecule has 1 aromatic heterocycles. The largest absolute Gasteiger partial charge is 0.477 e. The van der Waals surface area contributed by atoms with E-state index in [-0.39, 0.29) is 15.8 Å². The number of likely N-dealkylation sites (N-methyl/N-ethyl adjacent to an activating group) is 1. The smallest absolute Gasteiger partial charge is 0.345 e. The average Bonchev–Trinajstić information content (AvgIpc) is 2.85. The van der Waals surface area contributed by atoms with Gasteiger partial charge in [-0.25, -0.2) is 17.9 Å². The van der Waals surface area contributed by atoms with Crippen molar-refractivity contribution >= 4 is 27.3 Å². The second-order valence-corrected chi connectivity index (χ2v) is 7.09. The molecule has 0 aliphatic heterocycles. The predicted molar refractivity (Wildman–Crippen MR) is 78.8 cm³/mol. The number of hydrogen-bond acceptors (Lipinski definition) is 5. The van der Waals surface area contributed by atoms with Crippen LogP contribution in [0.3, 0.4) is 0 Å². The van der Waals surface area contributed by atoms with E-state index in [1.807, 2.05) is 13.8 Å². The molecule has 0 saturated carbocycles. The molecule has 1 unspecified atom stereocenters. The van der Waals surface area contributed by atoms with Crippen LogP contribution in [-0.4, -0.2) is 50.1 Å². The summed E-state index contributed by atoms with van der Waals surface area (Å²) in [5.41, 5.74) is 0. The molecule has 1 heterocycles. The number of carbonyl (C=O) groups is 1. The zero-order valence-corrected chi connectivity index (χ0v) is 13.4. The van der Waals surface area contributed by atoms with Crippen molar-refractivity contribution in [2.75, 3.05) is 19.6 Å². The number of rotatable bonds is 8. The maximum atomic E-state index is 12.1. The molecule has 0 fully saturated rings. The lowest BCUT2D eigenvalue weighted by Crippen LogP contribution is -2.41. The van der Waals surface area contributed by atoms with E-state index >= 15 is 0 Å². The Morgan fingerprint density at radius 1 is 1.45 bits per heavy atom. The van der Waals surface area contributed by atoms with Crippen molar-refractivity contribution in [2.45, 2.75) is 31.7 Å². The SMILES string of the molecule is CCN(CC)CC(C)NS(=O)(=O)c1csc(C(=O)O)c1. The van der Waals surface area contributed by atoms with Crippen LogP contribution in [0.5, 0.6) is 0 Å². The van der Waals surface area contributed by atoms with Crippen LogP contribution in [0.2, 0.25) is 0 Å². The van der Waals surface area contributed by atoms with Crippen molar-refractivity contribution in [3.63, 3.8) is 0 Å². The van der Waals surface area contributed by atoms with Crippen LogP contribution >= 0.6 is 11.3 Å². The number of carboxylic acids is 1. The molecular weight excluding hydrogens is 300 g/mol. The first-order valence-electron chi connectivity index (χ1n) is 6.36. The fourth-order valence-electron chi connectivity index (χ4n) is 1.81. The van der Waals surface area contributed by atoms with E-state index in [0.29, 0.717) is 6.54 Å². The van der Waals surface area contributed by atoms with Gasteiger partial charge in [-0.05, 0) is 26.1 Å². The molecule has 1 rings (SSSR count). The first kappa shape index (κ1) is 17.1. The summed E-state index contributed by atoms with van der Waals surface area (Å²) in [4.78, 5) is 12.9. The van der Waals surface area contributed by atoms with E-state index in [1.165, 1.54) is 11.4 Å². The number of hydrogen-bond donors (Lipinski definition) is 2. The number of sulfonamides is 1. The quantitative estimate of drug-likeness (QED) is 0.757. The first-order valence-corrected chi connectivity index (χ1v) is 8.73. The average molecular weight is 320 g/mol. The normalized spacial score (nSPS) is 13.6. The highest BCUT2D eigenvalue weighted by atomic mass is 32.2. The third-order valence-corrected chi connectivity index (χ3v) is 5.52. The summed E-state index contributed by atoms with van der Waals surface area (Å²) < 4.78 is 26.8. The molecule has 0 spiro atoms. The number of thiophene rings is 1. The van der Waals surface area contributed by atoms with Crippen molar-refractivity contribution in [3.8, 4) is 0 Å². The van der Waals surface area contributed by atoms with Gasteiger partial charge < -0.3 is 10.0 Å². The van der Waals surface area contributed by atoms with Gasteiger partial charge in [0.2, 0.25) is 10.0 Å². The molecule has 6 nitrogen and oxygen atoms in total. The highest BCUT2D eigenvalue weighted by Crippen LogP contribution is 2.19. The minimum atomic E-state index is -3.66. The van der Waals surface area contributed by atoms with Gasteiger partial charge in [-0.3, -0.25) is 0 Å². The Morgan fingerprint density at radius 3 is 2.50 bits per heavy atom. The molecule has 114 valence electrons. The molecule has 0 aromatic carbocycles. The van der Waals surface area contributed by atoms with Crippen molar-refractivity contribution in [1.82, 2.24) is 9.62 Å². The molecule has 0 bridgehead atoms. The van der Waals surface area contributed by atoms with Crippen LogP contribution in [-0.2, 0) is 10.0 Å². The van der Waals surface area contributed by atoms with E-state index in [0.717, 1.165) is 24.4 Å². The Morgan fingerprint density at radius 2 is 2.05 bits per heavy atom. The van der Waals surface area contributed by atoms with Crippen molar-refractivity contribution in [3.05, 3.63) is 16.3 Å². The third-order valence-electron chi connectivity index (χ3n) is 2.88. The summed E-state index contributed by atoms with van der Waals surface area (Å²) in [6.45, 7) is 8.14. The van der Waals surface area contributed by atoms with Gasteiger partial charge in [0.25, 0.3) is 0 Å². The van der Waals surface area contributed by atoms with Gasteiger partial charge in [-0.1, -0.05) is 13.8 Å². The highest BCUT2D eigenvalue weighted by molar-refractivity contribution is 7.89. The molecule has 0 saturated heterocycles. The molecule has 0 aliphatic carbocycles. The number of aromatic carboxylic acids is 1. The van der Waals surface area contributed by atoms with Crippen LogP contribution in [0.4, 0.5) is 0 Å². The van der Waals surface area contributed by atoms with Gasteiger partial charge in [-0.15, -0.1) is 11.3 Å². The minimum absolute atomic E-state index is 0.00583. The lowest BCUT2D eigenvalue weighted by Gasteiger charge is -2.23. The van der Waals surface area contributed by atoms with E-state index in [2.05, 4.69) is 9.62 Å². The fraction of sp³-hybridized carbons (Fsp3) is 0.583.